The van der Waals surface area contributed by atoms with Crippen molar-refractivity contribution in [2.24, 2.45) is 18.7 Å². The molecule has 6 heteroatoms. The van der Waals surface area contributed by atoms with Crippen molar-refractivity contribution in [3.8, 4) is 11.5 Å². The molecule has 0 radical (unpaired) electrons. The summed E-state index contributed by atoms with van der Waals surface area (Å²) in [6.45, 7) is 1.63. The summed E-state index contributed by atoms with van der Waals surface area (Å²) in [5.74, 6) is 2.44. The van der Waals surface area contributed by atoms with Crippen LogP contribution in [0, 0.1) is 5.92 Å². The average molecular weight is 232 g/mol. The normalized spacial score (nSPS) is 19.3. The Hall–Kier alpha value is -1.69. The van der Waals surface area contributed by atoms with Crippen molar-refractivity contribution in [3.05, 3.63) is 18.1 Å². The molecule has 0 aromatic carbocycles. The number of hydrogen-bond donors (Lipinski definition) is 1. The van der Waals surface area contributed by atoms with Crippen LogP contribution >= 0.6 is 0 Å². The smallest absolute Gasteiger partial charge is 0.184 e. The highest BCUT2D eigenvalue weighted by Crippen LogP contribution is 2.23. The fourth-order valence-corrected chi connectivity index (χ4v) is 2.31. The van der Waals surface area contributed by atoms with Gasteiger partial charge in [0.25, 0.3) is 0 Å². The third-order valence-electron chi connectivity index (χ3n) is 3.32. The van der Waals surface area contributed by atoms with Crippen molar-refractivity contribution < 1.29 is 0 Å². The highest BCUT2D eigenvalue weighted by molar-refractivity contribution is 5.48. The number of nitrogens with zero attached hydrogens (tertiary/aromatic N) is 5. The van der Waals surface area contributed by atoms with Crippen LogP contribution in [-0.2, 0) is 20.0 Å². The fourth-order valence-electron chi connectivity index (χ4n) is 2.31. The van der Waals surface area contributed by atoms with Crippen molar-refractivity contribution in [3.63, 3.8) is 0 Å². The molecule has 0 aliphatic carbocycles. The van der Waals surface area contributed by atoms with Crippen molar-refractivity contribution in [1.29, 1.82) is 0 Å². The zero-order valence-electron chi connectivity index (χ0n) is 9.87. The Labute approximate surface area is 99.4 Å². The van der Waals surface area contributed by atoms with Crippen LogP contribution in [0.4, 0.5) is 0 Å². The van der Waals surface area contributed by atoms with Gasteiger partial charge < -0.3 is 10.3 Å². The highest BCUT2D eigenvalue weighted by Gasteiger charge is 2.23. The minimum Gasteiger partial charge on any atom is -0.330 e. The van der Waals surface area contributed by atoms with E-state index in [0.717, 1.165) is 43.3 Å². The molecule has 3 heterocycles. The van der Waals surface area contributed by atoms with Gasteiger partial charge in [0.1, 0.15) is 11.5 Å². The van der Waals surface area contributed by atoms with E-state index in [1.165, 1.54) is 0 Å². The number of nitrogens with two attached hydrogens (primary N) is 1. The third kappa shape index (κ3) is 1.74. The number of fused-ring (bicyclic) bond motifs is 1. The first-order chi connectivity index (χ1) is 8.28. The molecule has 17 heavy (non-hydrogen) atoms. The molecule has 0 bridgehead atoms. The molecule has 90 valence electrons. The molecule has 0 fully saturated rings. The summed E-state index contributed by atoms with van der Waals surface area (Å²) in [6.07, 6.45) is 3.98. The Morgan fingerprint density at radius 3 is 3.06 bits per heavy atom. The van der Waals surface area contributed by atoms with Crippen LogP contribution < -0.4 is 5.73 Å². The lowest BCUT2D eigenvalue weighted by molar-refractivity contribution is 0.375. The van der Waals surface area contributed by atoms with Gasteiger partial charge in [-0.15, -0.1) is 10.2 Å². The molecule has 0 amide bonds. The number of aromatic nitrogens is 5. The number of aryl methyl sites for hydroxylation is 2. The predicted octanol–water partition coefficient (Wildman–Crippen LogP) is 0.200. The Balaban J connectivity index is 2.00. The number of rotatable bonds is 2. The van der Waals surface area contributed by atoms with Gasteiger partial charge >= 0.3 is 0 Å². The molecular weight excluding hydrogens is 216 g/mol. The van der Waals surface area contributed by atoms with Gasteiger partial charge in [0.05, 0.1) is 0 Å². The third-order valence-corrected chi connectivity index (χ3v) is 3.32. The monoisotopic (exact) mass is 232 g/mol. The van der Waals surface area contributed by atoms with E-state index in [-0.39, 0.29) is 0 Å². The SMILES string of the molecule is Cn1ccc(-c2nnc3n2CC(CN)CC3)n1. The van der Waals surface area contributed by atoms with E-state index in [2.05, 4.69) is 19.9 Å². The zero-order valence-corrected chi connectivity index (χ0v) is 9.87. The molecule has 0 spiro atoms. The number of hydrogen-bond acceptors (Lipinski definition) is 4. The standard InChI is InChI=1S/C11H16N6/c1-16-5-4-9(15-16)11-14-13-10-3-2-8(6-12)7-17(10)11/h4-5,8H,2-3,6-7,12H2,1H3. The minimum absolute atomic E-state index is 0.529. The van der Waals surface area contributed by atoms with Gasteiger partial charge in [-0.1, -0.05) is 0 Å². The molecule has 2 aromatic rings. The van der Waals surface area contributed by atoms with Crippen molar-refractivity contribution >= 4 is 0 Å². The molecule has 1 atom stereocenters. The van der Waals surface area contributed by atoms with Crippen LogP contribution in [-0.4, -0.2) is 31.1 Å². The fraction of sp³-hybridized carbons (Fsp3) is 0.545. The maximum Gasteiger partial charge on any atom is 0.184 e. The Kier molecular flexibility index (Phi) is 2.44. The summed E-state index contributed by atoms with van der Waals surface area (Å²) in [6, 6.07) is 1.96. The van der Waals surface area contributed by atoms with E-state index in [4.69, 9.17) is 5.73 Å². The molecule has 0 saturated heterocycles. The maximum absolute atomic E-state index is 5.75. The lowest BCUT2D eigenvalue weighted by Crippen LogP contribution is -2.26. The topological polar surface area (TPSA) is 74.5 Å². The van der Waals surface area contributed by atoms with E-state index in [1.54, 1.807) is 4.68 Å². The van der Waals surface area contributed by atoms with Crippen molar-refractivity contribution in [2.45, 2.75) is 19.4 Å². The average Bonchev–Trinajstić information content (AvgIpc) is 2.93. The second-order valence-electron chi connectivity index (χ2n) is 4.57. The van der Waals surface area contributed by atoms with Gasteiger partial charge in [-0.25, -0.2) is 0 Å². The van der Waals surface area contributed by atoms with E-state index >= 15 is 0 Å². The molecule has 1 aliphatic rings. The van der Waals surface area contributed by atoms with Crippen LogP contribution in [0.25, 0.3) is 11.5 Å². The molecule has 1 unspecified atom stereocenters. The quantitative estimate of drug-likeness (QED) is 0.802. The molecule has 0 saturated carbocycles. The zero-order chi connectivity index (χ0) is 11.8. The summed E-state index contributed by atoms with van der Waals surface area (Å²) in [4.78, 5) is 0. The van der Waals surface area contributed by atoms with Gasteiger partial charge in [-0.2, -0.15) is 5.10 Å². The Morgan fingerprint density at radius 2 is 2.35 bits per heavy atom. The molecule has 3 rings (SSSR count). The van der Waals surface area contributed by atoms with Gasteiger partial charge in [0.2, 0.25) is 0 Å². The Bertz CT molecular complexity index is 526. The molecule has 2 N–H and O–H groups in total. The highest BCUT2D eigenvalue weighted by atomic mass is 15.3. The van der Waals surface area contributed by atoms with Crippen LogP contribution in [0.2, 0.25) is 0 Å². The van der Waals surface area contributed by atoms with Crippen LogP contribution in [0.3, 0.4) is 0 Å². The second kappa shape index (κ2) is 3.96. The van der Waals surface area contributed by atoms with Crippen LogP contribution in [0.1, 0.15) is 12.2 Å². The van der Waals surface area contributed by atoms with Gasteiger partial charge in [0.15, 0.2) is 5.82 Å². The lowest BCUT2D eigenvalue weighted by atomic mass is 9.99. The maximum atomic E-state index is 5.75. The first-order valence-corrected chi connectivity index (χ1v) is 5.90. The van der Waals surface area contributed by atoms with Gasteiger partial charge in [-0.3, -0.25) is 4.68 Å². The van der Waals surface area contributed by atoms with Crippen molar-refractivity contribution in [1.82, 2.24) is 24.5 Å². The van der Waals surface area contributed by atoms with Crippen LogP contribution in [0.15, 0.2) is 12.3 Å². The van der Waals surface area contributed by atoms with E-state index in [9.17, 15) is 0 Å². The Morgan fingerprint density at radius 1 is 1.47 bits per heavy atom. The summed E-state index contributed by atoms with van der Waals surface area (Å²) in [5, 5.41) is 12.9. The predicted molar refractivity (Wildman–Crippen MR) is 63.1 cm³/mol. The van der Waals surface area contributed by atoms with Crippen molar-refractivity contribution in [2.75, 3.05) is 6.54 Å². The first kappa shape index (κ1) is 10.5. The molecule has 1 aliphatic heterocycles. The summed E-state index contributed by atoms with van der Waals surface area (Å²) < 4.78 is 3.93. The summed E-state index contributed by atoms with van der Waals surface area (Å²) in [5.41, 5.74) is 6.63. The molecule has 6 nitrogen and oxygen atoms in total. The second-order valence-corrected chi connectivity index (χ2v) is 4.57. The molecule has 2 aromatic heterocycles. The summed E-state index contributed by atoms with van der Waals surface area (Å²) in [7, 11) is 1.90. The van der Waals surface area contributed by atoms with Gasteiger partial charge in [-0.05, 0) is 24.9 Å². The largest absolute Gasteiger partial charge is 0.330 e. The van der Waals surface area contributed by atoms with Gasteiger partial charge in [0, 0.05) is 26.2 Å². The van der Waals surface area contributed by atoms with Crippen LogP contribution in [0.5, 0.6) is 0 Å². The van der Waals surface area contributed by atoms with E-state index in [0.29, 0.717) is 5.92 Å². The molecular formula is C11H16N6. The van der Waals surface area contributed by atoms with E-state index in [1.807, 2.05) is 19.3 Å². The lowest BCUT2D eigenvalue weighted by Gasteiger charge is -2.22. The minimum atomic E-state index is 0.529. The first-order valence-electron chi connectivity index (χ1n) is 5.90. The summed E-state index contributed by atoms with van der Waals surface area (Å²) >= 11 is 0. The van der Waals surface area contributed by atoms with E-state index < -0.39 is 0 Å².